The lowest BCUT2D eigenvalue weighted by Gasteiger charge is -2.50. The summed E-state index contributed by atoms with van der Waals surface area (Å²) in [6.07, 6.45) is 5.30. The molecule has 6 rings (SSSR count). The van der Waals surface area contributed by atoms with E-state index in [-0.39, 0.29) is 29.7 Å². The van der Waals surface area contributed by atoms with Crippen LogP contribution in [0.2, 0.25) is 0 Å². The number of hydrogen-bond acceptors (Lipinski definition) is 10. The number of aliphatic hydroxyl groups is 3. The SMILES string of the molecule is CN(C)[C@@H]1C(O)=C(C(N)=O)C(=O)[C@@]2(O)C(O)=C3C(=O)c4c(O)ccc(-c5cn6cccnc6n5)c4C[C@H]3C[C@@H]12. The Labute approximate surface area is 221 Å². The van der Waals surface area contributed by atoms with Crippen molar-refractivity contribution in [1.29, 1.82) is 0 Å². The summed E-state index contributed by atoms with van der Waals surface area (Å²) in [6, 6.07) is 3.69. The van der Waals surface area contributed by atoms with Gasteiger partial charge in [-0.15, -0.1) is 0 Å². The van der Waals surface area contributed by atoms with Crippen molar-refractivity contribution in [3.05, 3.63) is 70.6 Å². The highest BCUT2D eigenvalue weighted by Crippen LogP contribution is 2.53. The van der Waals surface area contributed by atoms with Gasteiger partial charge in [0.15, 0.2) is 11.4 Å². The standard InChI is InChI=1S/C27H25N5O7/c1-31(2)20-14-9-11-8-13-12(15-10-32-7-3-6-29-26(32)30-15)4-5-16(33)18(13)21(34)17(11)23(36)27(14,39)24(37)19(22(20)35)25(28)38/h3-7,10-11,14,20,33,35-36,39H,8-9H2,1-2H3,(H2,28,38)/t11-,14-,20-,27-/m0/s1. The van der Waals surface area contributed by atoms with Crippen molar-refractivity contribution in [2.45, 2.75) is 24.5 Å². The molecule has 3 aliphatic carbocycles. The second-order valence-corrected chi connectivity index (χ2v) is 10.4. The zero-order chi connectivity index (χ0) is 28.0. The molecule has 1 aromatic carbocycles. The molecular weight excluding hydrogens is 506 g/mol. The molecule has 4 atom stereocenters. The Bertz CT molecular complexity index is 1650. The monoisotopic (exact) mass is 531 g/mol. The average molecular weight is 532 g/mol. The zero-order valence-corrected chi connectivity index (χ0v) is 21.0. The number of Topliss-reactive ketones (excluding diaryl/α,β-unsaturated/α-hetero) is 2. The molecule has 39 heavy (non-hydrogen) atoms. The lowest BCUT2D eigenvalue weighted by molar-refractivity contribution is -0.148. The predicted octanol–water partition coefficient (Wildman–Crippen LogP) is 0.830. The zero-order valence-electron chi connectivity index (χ0n) is 21.0. The molecule has 200 valence electrons. The summed E-state index contributed by atoms with van der Waals surface area (Å²) in [7, 11) is 3.17. The molecule has 1 amide bonds. The molecule has 6 N–H and O–H groups in total. The first-order chi connectivity index (χ1) is 18.5. The van der Waals surface area contributed by atoms with E-state index in [1.54, 1.807) is 49.2 Å². The van der Waals surface area contributed by atoms with E-state index < -0.39 is 58.0 Å². The highest BCUT2D eigenvalue weighted by atomic mass is 16.3. The van der Waals surface area contributed by atoms with Gasteiger partial charge in [0.05, 0.1) is 17.3 Å². The molecule has 0 aliphatic heterocycles. The molecule has 0 bridgehead atoms. The average Bonchev–Trinajstić information content (AvgIpc) is 3.30. The minimum absolute atomic E-state index is 0.00752. The van der Waals surface area contributed by atoms with E-state index in [1.807, 2.05) is 0 Å². The highest BCUT2D eigenvalue weighted by Gasteiger charge is 2.63. The molecule has 0 fully saturated rings. The van der Waals surface area contributed by atoms with Crippen molar-refractivity contribution in [2.24, 2.45) is 17.6 Å². The van der Waals surface area contributed by atoms with Crippen LogP contribution in [0.4, 0.5) is 0 Å². The maximum atomic E-state index is 13.9. The molecule has 12 heteroatoms. The van der Waals surface area contributed by atoms with Gasteiger partial charge in [-0.25, -0.2) is 9.97 Å². The van der Waals surface area contributed by atoms with Crippen molar-refractivity contribution in [1.82, 2.24) is 19.3 Å². The first kappa shape index (κ1) is 24.8. The van der Waals surface area contributed by atoms with Gasteiger partial charge in [0.25, 0.3) is 5.91 Å². The summed E-state index contributed by atoms with van der Waals surface area (Å²) in [4.78, 5) is 49.6. The number of allylic oxidation sites excluding steroid dienone is 1. The number of nitrogens with two attached hydrogens (primary N) is 1. The first-order valence-electron chi connectivity index (χ1n) is 12.3. The number of primary amides is 1. The normalized spacial score (nSPS) is 26.6. The first-order valence-corrected chi connectivity index (χ1v) is 12.3. The number of amides is 1. The molecule has 3 aliphatic rings. The Balaban J connectivity index is 1.55. The van der Waals surface area contributed by atoms with Crippen LogP contribution in [-0.4, -0.2) is 82.9 Å². The van der Waals surface area contributed by atoms with Crippen LogP contribution < -0.4 is 5.73 Å². The number of fused-ring (bicyclic) bond motifs is 4. The van der Waals surface area contributed by atoms with Gasteiger partial charge in [-0.3, -0.25) is 23.7 Å². The Morgan fingerprint density at radius 3 is 2.62 bits per heavy atom. The molecule has 12 nitrogen and oxygen atoms in total. The Morgan fingerprint density at radius 2 is 1.95 bits per heavy atom. The van der Waals surface area contributed by atoms with Gasteiger partial charge in [0.2, 0.25) is 11.6 Å². The van der Waals surface area contributed by atoms with E-state index in [1.165, 1.54) is 11.0 Å². The number of imidazole rings is 1. The van der Waals surface area contributed by atoms with Gasteiger partial charge >= 0.3 is 0 Å². The number of aromatic nitrogens is 3. The Kier molecular flexibility index (Phi) is 5.22. The van der Waals surface area contributed by atoms with Crippen molar-refractivity contribution < 1.29 is 34.8 Å². The number of phenols is 1. The van der Waals surface area contributed by atoms with Gasteiger partial charge in [0, 0.05) is 35.6 Å². The minimum Gasteiger partial charge on any atom is -0.510 e. The van der Waals surface area contributed by atoms with E-state index in [9.17, 15) is 34.8 Å². The number of phenolic OH excluding ortho intramolecular Hbond substituents is 1. The topological polar surface area (TPSA) is 192 Å². The van der Waals surface area contributed by atoms with Gasteiger partial charge in [0.1, 0.15) is 22.8 Å². The summed E-state index contributed by atoms with van der Waals surface area (Å²) in [5.74, 6) is -6.44. The number of ketones is 2. The lowest BCUT2D eigenvalue weighted by Crippen LogP contribution is -2.63. The summed E-state index contributed by atoms with van der Waals surface area (Å²) in [5.41, 5.74) is 3.17. The fraction of sp³-hybridized carbons (Fsp3) is 0.296. The molecular formula is C27H25N5O7. The van der Waals surface area contributed by atoms with Crippen molar-refractivity contribution >= 4 is 23.3 Å². The Hall–Kier alpha value is -4.55. The number of benzene rings is 1. The number of carbonyl (C=O) groups excluding carboxylic acids is 3. The highest BCUT2D eigenvalue weighted by molar-refractivity contribution is 6.24. The van der Waals surface area contributed by atoms with Gasteiger partial charge in [-0.2, -0.15) is 0 Å². The van der Waals surface area contributed by atoms with Gasteiger partial charge < -0.3 is 26.2 Å². The summed E-state index contributed by atoms with van der Waals surface area (Å²) < 4.78 is 1.72. The van der Waals surface area contributed by atoms with Crippen LogP contribution in [0.25, 0.3) is 17.0 Å². The van der Waals surface area contributed by atoms with Gasteiger partial charge in [-0.1, -0.05) is 0 Å². The molecule has 0 radical (unpaired) electrons. The maximum absolute atomic E-state index is 13.9. The van der Waals surface area contributed by atoms with Crippen LogP contribution in [0, 0.1) is 11.8 Å². The fourth-order valence-electron chi connectivity index (χ4n) is 6.45. The maximum Gasteiger partial charge on any atom is 0.255 e. The molecule has 0 spiro atoms. The summed E-state index contributed by atoms with van der Waals surface area (Å²) >= 11 is 0. The fourth-order valence-corrected chi connectivity index (χ4v) is 6.45. The predicted molar refractivity (Wildman–Crippen MR) is 136 cm³/mol. The summed E-state index contributed by atoms with van der Waals surface area (Å²) in [6.45, 7) is 0. The second kappa shape index (κ2) is 8.22. The van der Waals surface area contributed by atoms with Crippen LogP contribution in [0.1, 0.15) is 22.3 Å². The van der Waals surface area contributed by atoms with Crippen LogP contribution in [-0.2, 0) is 16.0 Å². The second-order valence-electron chi connectivity index (χ2n) is 10.4. The van der Waals surface area contributed by atoms with Crippen molar-refractivity contribution in [2.75, 3.05) is 14.1 Å². The molecule has 0 saturated carbocycles. The third-order valence-electron chi connectivity index (χ3n) is 8.12. The number of likely N-dealkylation sites (N-methyl/N-ethyl adjacent to an activating group) is 1. The van der Waals surface area contributed by atoms with E-state index in [4.69, 9.17) is 5.73 Å². The van der Waals surface area contributed by atoms with Crippen LogP contribution in [0.5, 0.6) is 5.75 Å². The summed E-state index contributed by atoms with van der Waals surface area (Å²) in [5, 5.41) is 44.7. The molecule has 3 aromatic rings. The number of hydrogen-bond donors (Lipinski definition) is 5. The van der Waals surface area contributed by atoms with Gasteiger partial charge in [-0.05, 0) is 56.6 Å². The number of aromatic hydroxyl groups is 1. The number of aliphatic hydroxyl groups excluding tert-OH is 2. The third-order valence-corrected chi connectivity index (χ3v) is 8.12. The van der Waals surface area contributed by atoms with Crippen molar-refractivity contribution in [3.63, 3.8) is 0 Å². The molecule has 2 aromatic heterocycles. The van der Waals surface area contributed by atoms with Crippen LogP contribution >= 0.6 is 0 Å². The number of nitrogens with zero attached hydrogens (tertiary/aromatic N) is 4. The quantitative estimate of drug-likeness (QED) is 0.302. The number of rotatable bonds is 3. The largest absolute Gasteiger partial charge is 0.510 e. The van der Waals surface area contributed by atoms with E-state index in [0.717, 1.165) is 0 Å². The van der Waals surface area contributed by atoms with E-state index in [0.29, 0.717) is 22.6 Å². The molecule has 2 heterocycles. The van der Waals surface area contributed by atoms with Crippen molar-refractivity contribution in [3.8, 4) is 17.0 Å². The minimum atomic E-state index is -2.68. The molecule has 0 saturated heterocycles. The lowest BCUT2D eigenvalue weighted by atomic mass is 9.58. The molecule has 0 unspecified atom stereocenters. The van der Waals surface area contributed by atoms with Crippen LogP contribution in [0.15, 0.2) is 59.5 Å². The van der Waals surface area contributed by atoms with E-state index >= 15 is 0 Å². The Morgan fingerprint density at radius 1 is 1.21 bits per heavy atom. The number of carbonyl (C=O) groups is 3. The third kappa shape index (κ3) is 3.21. The smallest absolute Gasteiger partial charge is 0.255 e. The van der Waals surface area contributed by atoms with E-state index in [2.05, 4.69) is 9.97 Å². The van der Waals surface area contributed by atoms with Crippen LogP contribution in [0.3, 0.4) is 0 Å².